The Morgan fingerprint density at radius 3 is 2.74 bits per heavy atom. The average Bonchev–Trinajstić information content (AvgIpc) is 2.82. The van der Waals surface area contributed by atoms with Crippen LogP contribution in [0.2, 0.25) is 0 Å². The van der Waals surface area contributed by atoms with Gasteiger partial charge in [0.25, 0.3) is 0 Å². The van der Waals surface area contributed by atoms with Crippen LogP contribution in [0, 0.1) is 0 Å². The summed E-state index contributed by atoms with van der Waals surface area (Å²) in [5.74, 6) is 0.739. The van der Waals surface area contributed by atoms with Gasteiger partial charge in [0, 0.05) is 10.2 Å². The van der Waals surface area contributed by atoms with E-state index in [4.69, 9.17) is 5.73 Å². The molecule has 1 amide bonds. The van der Waals surface area contributed by atoms with E-state index in [0.29, 0.717) is 0 Å². The number of hydrogen-bond donors (Lipinski definition) is 1. The highest BCUT2D eigenvalue weighted by molar-refractivity contribution is 9.10. The lowest BCUT2D eigenvalue weighted by molar-refractivity contribution is -0.115. The monoisotopic (exact) mass is 375 g/mol. The van der Waals surface area contributed by atoms with Gasteiger partial charge in [-0.3, -0.25) is 4.79 Å². The van der Waals surface area contributed by atoms with E-state index in [-0.39, 0.29) is 11.7 Å². The maximum atomic E-state index is 10.7. The largest absolute Gasteiger partial charge is 0.369 e. The minimum Gasteiger partial charge on any atom is -0.369 e. The second-order valence-electron chi connectivity index (χ2n) is 3.51. The third-order valence-electron chi connectivity index (χ3n) is 1.98. The molecule has 4 nitrogen and oxygen atoms in total. The molecular weight excluding hydrogens is 366 g/mol. The first-order valence-electron chi connectivity index (χ1n) is 5.25. The molecule has 0 aliphatic rings. The molecule has 0 aliphatic carbocycles. The van der Waals surface area contributed by atoms with Crippen molar-refractivity contribution in [3.8, 4) is 0 Å². The van der Waals surface area contributed by atoms with Gasteiger partial charge in [-0.1, -0.05) is 62.9 Å². The number of rotatable bonds is 6. The fraction of sp³-hybridized carbons (Fsp3) is 0.182. The highest BCUT2D eigenvalue weighted by atomic mass is 79.9. The van der Waals surface area contributed by atoms with Crippen LogP contribution in [0.4, 0.5) is 0 Å². The Balaban J connectivity index is 1.88. The Morgan fingerprint density at radius 1 is 1.32 bits per heavy atom. The number of carbonyl (C=O) groups excluding carboxylic acids is 1. The fourth-order valence-corrected chi connectivity index (χ4v) is 4.37. The van der Waals surface area contributed by atoms with Gasteiger partial charge < -0.3 is 5.73 Å². The molecule has 0 unspecified atom stereocenters. The maximum Gasteiger partial charge on any atom is 0.227 e. The highest BCUT2D eigenvalue weighted by Gasteiger charge is 2.07. The zero-order valence-corrected chi connectivity index (χ0v) is 13.7. The number of thioether (sulfide) groups is 2. The van der Waals surface area contributed by atoms with Crippen molar-refractivity contribution in [2.45, 2.75) is 14.4 Å². The van der Waals surface area contributed by atoms with E-state index in [2.05, 4.69) is 38.3 Å². The number of nitrogens with two attached hydrogens (primary N) is 1. The van der Waals surface area contributed by atoms with E-state index < -0.39 is 0 Å². The quantitative estimate of drug-likeness (QED) is 0.785. The molecule has 19 heavy (non-hydrogen) atoms. The lowest BCUT2D eigenvalue weighted by Gasteiger charge is -1.98. The molecule has 2 rings (SSSR count). The van der Waals surface area contributed by atoms with E-state index in [0.717, 1.165) is 18.9 Å². The number of halogens is 1. The predicted octanol–water partition coefficient (Wildman–Crippen LogP) is 3.17. The van der Waals surface area contributed by atoms with Crippen LogP contribution in [0.3, 0.4) is 0 Å². The third kappa shape index (κ3) is 5.13. The molecule has 0 atom stereocenters. The number of aromatic nitrogens is 2. The first-order valence-corrected chi connectivity index (χ1v) is 8.83. The minimum atomic E-state index is -0.344. The molecule has 0 spiro atoms. The van der Waals surface area contributed by atoms with Gasteiger partial charge in [-0.2, -0.15) is 0 Å². The summed E-state index contributed by atoms with van der Waals surface area (Å²) in [7, 11) is 0. The zero-order valence-electron chi connectivity index (χ0n) is 9.71. The molecule has 100 valence electrons. The van der Waals surface area contributed by atoms with Crippen LogP contribution in [-0.4, -0.2) is 21.9 Å². The summed E-state index contributed by atoms with van der Waals surface area (Å²) in [6, 6.07) is 8.16. The summed E-state index contributed by atoms with van der Waals surface area (Å²) in [4.78, 5) is 10.7. The summed E-state index contributed by atoms with van der Waals surface area (Å²) in [5.41, 5.74) is 6.31. The van der Waals surface area contributed by atoms with Gasteiger partial charge in [0.15, 0.2) is 8.68 Å². The van der Waals surface area contributed by atoms with Gasteiger partial charge in [0.05, 0.1) is 5.75 Å². The summed E-state index contributed by atoms with van der Waals surface area (Å²) in [6.45, 7) is 0. The number of primary amides is 1. The lowest BCUT2D eigenvalue weighted by Crippen LogP contribution is -2.12. The average molecular weight is 376 g/mol. The summed E-state index contributed by atoms with van der Waals surface area (Å²) < 4.78 is 2.74. The van der Waals surface area contributed by atoms with E-state index in [1.807, 2.05) is 12.1 Å². The normalized spacial score (nSPS) is 10.6. The Bertz CT molecular complexity index is 576. The van der Waals surface area contributed by atoms with Crippen molar-refractivity contribution in [2.24, 2.45) is 5.73 Å². The summed E-state index contributed by atoms with van der Waals surface area (Å²) >= 11 is 7.88. The van der Waals surface area contributed by atoms with E-state index in [9.17, 15) is 4.79 Å². The van der Waals surface area contributed by atoms with Crippen LogP contribution in [0.1, 0.15) is 5.56 Å². The standard InChI is InChI=1S/C11H10BrN3OS3/c12-8-3-1-2-7(4-8)5-17-10-14-15-11(19-10)18-6-9(13)16/h1-4H,5-6H2,(H2,13,16). The van der Waals surface area contributed by atoms with Crippen LogP contribution in [0.5, 0.6) is 0 Å². The summed E-state index contributed by atoms with van der Waals surface area (Å²) in [5, 5.41) is 8.09. The van der Waals surface area contributed by atoms with Gasteiger partial charge in [-0.15, -0.1) is 10.2 Å². The van der Waals surface area contributed by atoms with Gasteiger partial charge in [0.2, 0.25) is 5.91 Å². The number of carbonyl (C=O) groups is 1. The number of hydrogen-bond acceptors (Lipinski definition) is 6. The van der Waals surface area contributed by atoms with E-state index in [1.54, 1.807) is 11.8 Å². The smallest absolute Gasteiger partial charge is 0.227 e. The van der Waals surface area contributed by atoms with E-state index >= 15 is 0 Å². The molecule has 1 aromatic heterocycles. The molecule has 0 bridgehead atoms. The van der Waals surface area contributed by atoms with Crippen LogP contribution in [0.25, 0.3) is 0 Å². The number of nitrogens with zero attached hydrogens (tertiary/aromatic N) is 2. The molecule has 2 aromatic rings. The van der Waals surface area contributed by atoms with Crippen molar-refractivity contribution in [3.05, 3.63) is 34.3 Å². The molecule has 0 radical (unpaired) electrons. The topological polar surface area (TPSA) is 68.9 Å². The molecule has 0 saturated carbocycles. The SMILES string of the molecule is NC(=O)CSc1nnc(SCc2cccc(Br)c2)s1. The van der Waals surface area contributed by atoms with Crippen molar-refractivity contribution in [1.82, 2.24) is 10.2 Å². The zero-order chi connectivity index (χ0) is 13.7. The maximum absolute atomic E-state index is 10.7. The number of benzene rings is 1. The highest BCUT2D eigenvalue weighted by Crippen LogP contribution is 2.30. The second-order valence-corrected chi connectivity index (χ2v) is 7.85. The second kappa shape index (κ2) is 7.28. The van der Waals surface area contributed by atoms with E-state index in [1.165, 1.54) is 28.7 Å². The van der Waals surface area contributed by atoms with Crippen molar-refractivity contribution in [1.29, 1.82) is 0 Å². The third-order valence-corrected chi connectivity index (χ3v) is 5.75. The van der Waals surface area contributed by atoms with Crippen LogP contribution in [-0.2, 0) is 10.5 Å². The van der Waals surface area contributed by atoms with Crippen molar-refractivity contribution in [3.63, 3.8) is 0 Å². The first kappa shape index (κ1) is 14.8. The van der Waals surface area contributed by atoms with Crippen molar-refractivity contribution < 1.29 is 4.79 Å². The predicted molar refractivity (Wildman–Crippen MR) is 83.5 cm³/mol. The van der Waals surface area contributed by atoms with Crippen molar-refractivity contribution in [2.75, 3.05) is 5.75 Å². The lowest BCUT2D eigenvalue weighted by atomic mass is 10.2. The first-order chi connectivity index (χ1) is 9.13. The van der Waals surface area contributed by atoms with Gasteiger partial charge in [-0.05, 0) is 17.7 Å². The fourth-order valence-electron chi connectivity index (χ4n) is 1.22. The van der Waals surface area contributed by atoms with Crippen molar-refractivity contribution >= 4 is 56.7 Å². The van der Waals surface area contributed by atoms with Crippen LogP contribution >= 0.6 is 50.8 Å². The van der Waals surface area contributed by atoms with Gasteiger partial charge in [-0.25, -0.2) is 0 Å². The molecule has 1 aromatic carbocycles. The number of amides is 1. The minimum absolute atomic E-state index is 0.241. The molecule has 0 aliphatic heterocycles. The Hall–Kier alpha value is -0.570. The molecule has 0 saturated heterocycles. The molecule has 0 fully saturated rings. The van der Waals surface area contributed by atoms with Crippen LogP contribution < -0.4 is 5.73 Å². The molecule has 2 N–H and O–H groups in total. The van der Waals surface area contributed by atoms with Gasteiger partial charge >= 0.3 is 0 Å². The van der Waals surface area contributed by atoms with Crippen LogP contribution in [0.15, 0.2) is 37.4 Å². The molecule has 8 heteroatoms. The molecular formula is C11H10BrN3OS3. The van der Waals surface area contributed by atoms with Gasteiger partial charge in [0.1, 0.15) is 0 Å². The Kier molecular flexibility index (Phi) is 5.68. The Labute approximate surface area is 131 Å². The summed E-state index contributed by atoms with van der Waals surface area (Å²) in [6.07, 6.45) is 0. The Morgan fingerprint density at radius 2 is 2.05 bits per heavy atom. The molecule has 1 heterocycles.